The maximum Gasteiger partial charge on any atom is 0.282 e. The molecular formula is C13H27N3O2S. The van der Waals surface area contributed by atoms with Gasteiger partial charge in [0.1, 0.15) is 0 Å². The van der Waals surface area contributed by atoms with Gasteiger partial charge >= 0.3 is 0 Å². The zero-order valence-electron chi connectivity index (χ0n) is 12.1. The van der Waals surface area contributed by atoms with Crippen molar-refractivity contribution in [2.45, 2.75) is 57.0 Å². The van der Waals surface area contributed by atoms with Crippen molar-refractivity contribution >= 4 is 10.2 Å². The molecule has 0 radical (unpaired) electrons. The van der Waals surface area contributed by atoms with Gasteiger partial charge in [-0.05, 0) is 32.7 Å². The first kappa shape index (κ1) is 15.2. The van der Waals surface area contributed by atoms with E-state index in [4.69, 9.17) is 0 Å². The van der Waals surface area contributed by atoms with Gasteiger partial charge in [-0.25, -0.2) is 0 Å². The SMILES string of the molecule is CNCC1CCCCN1S(=O)(=O)N(C)C1CCCC1. The van der Waals surface area contributed by atoms with E-state index in [1.54, 1.807) is 15.7 Å². The van der Waals surface area contributed by atoms with Crippen LogP contribution in [0.25, 0.3) is 0 Å². The van der Waals surface area contributed by atoms with Crippen LogP contribution in [0.5, 0.6) is 0 Å². The summed E-state index contributed by atoms with van der Waals surface area (Å²) in [4.78, 5) is 0. The van der Waals surface area contributed by atoms with Crippen molar-refractivity contribution in [1.82, 2.24) is 13.9 Å². The van der Waals surface area contributed by atoms with Crippen molar-refractivity contribution < 1.29 is 8.42 Å². The van der Waals surface area contributed by atoms with Crippen LogP contribution in [0.1, 0.15) is 44.9 Å². The van der Waals surface area contributed by atoms with Gasteiger partial charge in [-0.3, -0.25) is 0 Å². The first-order valence-electron chi connectivity index (χ1n) is 7.46. The van der Waals surface area contributed by atoms with Gasteiger partial charge in [-0.1, -0.05) is 19.3 Å². The third kappa shape index (κ3) is 3.29. The van der Waals surface area contributed by atoms with Crippen molar-refractivity contribution in [3.05, 3.63) is 0 Å². The summed E-state index contributed by atoms with van der Waals surface area (Å²) < 4.78 is 28.9. The molecule has 0 aromatic carbocycles. The van der Waals surface area contributed by atoms with Gasteiger partial charge in [0.25, 0.3) is 10.2 Å². The number of hydrogen-bond acceptors (Lipinski definition) is 3. The van der Waals surface area contributed by atoms with Gasteiger partial charge < -0.3 is 5.32 Å². The van der Waals surface area contributed by atoms with Gasteiger partial charge in [0.2, 0.25) is 0 Å². The van der Waals surface area contributed by atoms with E-state index in [2.05, 4.69) is 5.32 Å². The molecule has 1 N–H and O–H groups in total. The molecule has 0 aromatic heterocycles. The van der Waals surface area contributed by atoms with E-state index in [0.29, 0.717) is 6.54 Å². The second-order valence-electron chi connectivity index (χ2n) is 5.78. The molecule has 2 aliphatic rings. The minimum Gasteiger partial charge on any atom is -0.318 e. The van der Waals surface area contributed by atoms with E-state index >= 15 is 0 Å². The van der Waals surface area contributed by atoms with Crippen molar-refractivity contribution in [2.75, 3.05) is 27.2 Å². The van der Waals surface area contributed by atoms with Crippen molar-refractivity contribution in [3.63, 3.8) is 0 Å². The molecular weight excluding hydrogens is 262 g/mol. The van der Waals surface area contributed by atoms with Gasteiger partial charge in [-0.2, -0.15) is 17.0 Å². The first-order valence-corrected chi connectivity index (χ1v) is 8.86. The summed E-state index contributed by atoms with van der Waals surface area (Å²) in [5, 5.41) is 3.12. The van der Waals surface area contributed by atoms with E-state index in [-0.39, 0.29) is 12.1 Å². The zero-order chi connectivity index (χ0) is 13.9. The molecule has 1 saturated carbocycles. The first-order chi connectivity index (χ1) is 9.07. The fourth-order valence-electron chi connectivity index (χ4n) is 3.34. The van der Waals surface area contributed by atoms with Crippen LogP contribution in [-0.4, -0.2) is 56.3 Å². The molecule has 1 heterocycles. The van der Waals surface area contributed by atoms with Crippen molar-refractivity contribution in [2.24, 2.45) is 0 Å². The zero-order valence-corrected chi connectivity index (χ0v) is 13.0. The fraction of sp³-hybridized carbons (Fsp3) is 1.00. The van der Waals surface area contributed by atoms with E-state index in [0.717, 1.165) is 51.5 Å². The average molecular weight is 289 g/mol. The summed E-state index contributed by atoms with van der Waals surface area (Å²) in [5.74, 6) is 0. The Bertz CT molecular complexity index is 377. The Labute approximate surface area is 117 Å². The third-order valence-corrected chi connectivity index (χ3v) is 6.61. The number of piperidine rings is 1. The number of hydrogen-bond donors (Lipinski definition) is 1. The summed E-state index contributed by atoms with van der Waals surface area (Å²) in [6.07, 6.45) is 7.43. The Morgan fingerprint density at radius 3 is 2.42 bits per heavy atom. The smallest absolute Gasteiger partial charge is 0.282 e. The van der Waals surface area contributed by atoms with Gasteiger partial charge in [-0.15, -0.1) is 0 Å². The molecule has 2 fully saturated rings. The predicted octanol–water partition coefficient (Wildman–Crippen LogP) is 1.18. The minimum absolute atomic E-state index is 0.118. The summed E-state index contributed by atoms with van der Waals surface area (Å²) in [7, 11) is 0.359. The normalized spacial score (nSPS) is 27.2. The third-order valence-electron chi connectivity index (χ3n) is 4.51. The van der Waals surface area contributed by atoms with E-state index in [1.807, 2.05) is 7.05 Å². The van der Waals surface area contributed by atoms with Crippen LogP contribution in [0.3, 0.4) is 0 Å². The second kappa shape index (κ2) is 6.52. The standard InChI is InChI=1S/C13H27N3O2S/c1-14-11-13-9-5-6-10-16(13)19(17,18)15(2)12-7-3-4-8-12/h12-14H,3-11H2,1-2H3. The Morgan fingerprint density at radius 1 is 1.16 bits per heavy atom. The molecule has 5 nitrogen and oxygen atoms in total. The Morgan fingerprint density at radius 2 is 1.79 bits per heavy atom. The lowest BCUT2D eigenvalue weighted by molar-refractivity contribution is 0.224. The topological polar surface area (TPSA) is 52.7 Å². The van der Waals surface area contributed by atoms with E-state index < -0.39 is 10.2 Å². The molecule has 1 saturated heterocycles. The second-order valence-corrected chi connectivity index (χ2v) is 7.72. The Hall–Kier alpha value is -0.170. The lowest BCUT2D eigenvalue weighted by Crippen LogP contribution is -2.54. The Kier molecular flexibility index (Phi) is 5.22. The van der Waals surface area contributed by atoms with Crippen LogP contribution in [0, 0.1) is 0 Å². The van der Waals surface area contributed by atoms with Crippen LogP contribution >= 0.6 is 0 Å². The summed E-state index contributed by atoms with van der Waals surface area (Å²) >= 11 is 0. The highest BCUT2D eigenvalue weighted by molar-refractivity contribution is 7.86. The predicted molar refractivity (Wildman–Crippen MR) is 77.2 cm³/mol. The summed E-state index contributed by atoms with van der Waals surface area (Å²) in [6.45, 7) is 1.42. The average Bonchev–Trinajstić information content (AvgIpc) is 2.92. The molecule has 1 aliphatic carbocycles. The highest BCUT2D eigenvalue weighted by Crippen LogP contribution is 2.28. The van der Waals surface area contributed by atoms with Crippen LogP contribution in [0.2, 0.25) is 0 Å². The van der Waals surface area contributed by atoms with Gasteiger partial charge in [0.05, 0.1) is 0 Å². The maximum absolute atomic E-state index is 12.8. The molecule has 0 amide bonds. The maximum atomic E-state index is 12.8. The monoisotopic (exact) mass is 289 g/mol. The minimum atomic E-state index is -3.29. The van der Waals surface area contributed by atoms with Crippen molar-refractivity contribution in [1.29, 1.82) is 0 Å². The van der Waals surface area contributed by atoms with Gasteiger partial charge in [0.15, 0.2) is 0 Å². The van der Waals surface area contributed by atoms with E-state index in [9.17, 15) is 8.42 Å². The Balaban J connectivity index is 2.11. The lowest BCUT2D eigenvalue weighted by atomic mass is 10.1. The molecule has 1 atom stereocenters. The molecule has 1 aliphatic heterocycles. The summed E-state index contributed by atoms with van der Waals surface area (Å²) in [5.41, 5.74) is 0. The molecule has 0 spiro atoms. The van der Waals surface area contributed by atoms with Crippen molar-refractivity contribution in [3.8, 4) is 0 Å². The number of nitrogens with zero attached hydrogens (tertiary/aromatic N) is 2. The van der Waals surface area contributed by atoms with Crippen LogP contribution < -0.4 is 5.32 Å². The molecule has 112 valence electrons. The number of rotatable bonds is 5. The molecule has 0 aromatic rings. The van der Waals surface area contributed by atoms with Crippen LogP contribution in [0.15, 0.2) is 0 Å². The fourth-order valence-corrected chi connectivity index (χ4v) is 5.17. The lowest BCUT2D eigenvalue weighted by Gasteiger charge is -2.38. The molecule has 2 rings (SSSR count). The largest absolute Gasteiger partial charge is 0.318 e. The van der Waals surface area contributed by atoms with Crippen LogP contribution in [-0.2, 0) is 10.2 Å². The number of nitrogens with one attached hydrogen (secondary N) is 1. The molecule has 0 bridgehead atoms. The highest BCUT2D eigenvalue weighted by Gasteiger charge is 2.37. The van der Waals surface area contributed by atoms with E-state index in [1.165, 1.54) is 0 Å². The number of likely N-dealkylation sites (N-methyl/N-ethyl adjacent to an activating group) is 1. The summed E-state index contributed by atoms with van der Waals surface area (Å²) in [6, 6.07) is 0.328. The molecule has 6 heteroatoms. The van der Waals surface area contributed by atoms with Gasteiger partial charge in [0, 0.05) is 32.2 Å². The molecule has 19 heavy (non-hydrogen) atoms. The quantitative estimate of drug-likeness (QED) is 0.827. The molecule has 1 unspecified atom stereocenters. The highest BCUT2D eigenvalue weighted by atomic mass is 32.2. The van der Waals surface area contributed by atoms with Crippen LogP contribution in [0.4, 0.5) is 0 Å².